The lowest BCUT2D eigenvalue weighted by Crippen LogP contribution is -2.47. The lowest BCUT2D eigenvalue weighted by atomic mass is 10.1. The number of piperazine rings is 1. The second-order valence-electron chi connectivity index (χ2n) is 5.44. The van der Waals surface area contributed by atoms with E-state index in [1.165, 1.54) is 5.56 Å². The molecule has 4 nitrogen and oxygen atoms in total. The van der Waals surface area contributed by atoms with Gasteiger partial charge in [0.25, 0.3) is 0 Å². The molecule has 21 heavy (non-hydrogen) atoms. The van der Waals surface area contributed by atoms with Crippen molar-refractivity contribution in [2.75, 3.05) is 37.6 Å². The Balaban J connectivity index is 1.48. The summed E-state index contributed by atoms with van der Waals surface area (Å²) in [6.07, 6.45) is 2.83. The van der Waals surface area contributed by atoms with Crippen molar-refractivity contribution in [2.24, 2.45) is 0 Å². The van der Waals surface area contributed by atoms with E-state index < -0.39 is 0 Å². The Bertz CT molecular complexity index is 565. The highest BCUT2D eigenvalue weighted by atomic mass is 16.3. The van der Waals surface area contributed by atoms with Crippen LogP contribution in [0.1, 0.15) is 5.56 Å². The summed E-state index contributed by atoms with van der Waals surface area (Å²) in [7, 11) is 0. The van der Waals surface area contributed by atoms with Crippen LogP contribution >= 0.6 is 0 Å². The summed E-state index contributed by atoms with van der Waals surface area (Å²) < 4.78 is 0. The van der Waals surface area contributed by atoms with Gasteiger partial charge < -0.3 is 10.0 Å². The van der Waals surface area contributed by atoms with Gasteiger partial charge in [0, 0.05) is 38.9 Å². The maximum Gasteiger partial charge on any atom is 0.128 e. The smallest absolute Gasteiger partial charge is 0.128 e. The molecule has 0 unspecified atom stereocenters. The predicted molar refractivity (Wildman–Crippen MR) is 84.7 cm³/mol. The van der Waals surface area contributed by atoms with Crippen molar-refractivity contribution in [2.45, 2.75) is 6.42 Å². The van der Waals surface area contributed by atoms with E-state index in [1.54, 1.807) is 6.07 Å². The monoisotopic (exact) mass is 283 g/mol. The maximum atomic E-state index is 9.48. The lowest BCUT2D eigenvalue weighted by Gasteiger charge is -2.35. The van der Waals surface area contributed by atoms with Gasteiger partial charge in [-0.05, 0) is 36.2 Å². The van der Waals surface area contributed by atoms with Crippen LogP contribution in [-0.4, -0.2) is 47.7 Å². The molecule has 3 rings (SSSR count). The van der Waals surface area contributed by atoms with Crippen LogP contribution in [0.3, 0.4) is 0 Å². The van der Waals surface area contributed by atoms with Crippen molar-refractivity contribution in [3.05, 3.63) is 54.2 Å². The number of hydrogen-bond donors (Lipinski definition) is 1. The first-order chi connectivity index (χ1) is 10.3. The van der Waals surface area contributed by atoms with Gasteiger partial charge in [-0.25, -0.2) is 4.98 Å². The molecule has 0 radical (unpaired) electrons. The van der Waals surface area contributed by atoms with E-state index in [0.29, 0.717) is 5.75 Å². The van der Waals surface area contributed by atoms with E-state index >= 15 is 0 Å². The Morgan fingerprint density at radius 2 is 1.86 bits per heavy atom. The molecule has 1 saturated heterocycles. The van der Waals surface area contributed by atoms with E-state index in [2.05, 4.69) is 26.9 Å². The van der Waals surface area contributed by atoms with Crippen molar-refractivity contribution < 1.29 is 5.11 Å². The van der Waals surface area contributed by atoms with Gasteiger partial charge in [0.1, 0.15) is 11.6 Å². The first kappa shape index (κ1) is 13.9. The van der Waals surface area contributed by atoms with Gasteiger partial charge >= 0.3 is 0 Å². The lowest BCUT2D eigenvalue weighted by molar-refractivity contribution is 0.260. The van der Waals surface area contributed by atoms with Crippen molar-refractivity contribution in [1.29, 1.82) is 0 Å². The molecule has 2 aromatic rings. The van der Waals surface area contributed by atoms with Crippen LogP contribution in [-0.2, 0) is 6.42 Å². The molecule has 110 valence electrons. The summed E-state index contributed by atoms with van der Waals surface area (Å²) in [6, 6.07) is 13.6. The number of benzene rings is 1. The zero-order valence-corrected chi connectivity index (χ0v) is 12.2. The molecule has 1 fully saturated rings. The van der Waals surface area contributed by atoms with E-state index in [0.717, 1.165) is 45.0 Å². The largest absolute Gasteiger partial charge is 0.508 e. The molecule has 1 N–H and O–H groups in total. The Hall–Kier alpha value is -2.07. The standard InChI is InChI=1S/C17H21N3O/c21-16-5-3-4-15(14-16)7-9-19-10-12-20(13-11-19)17-6-1-2-8-18-17/h1-6,8,14,21H,7,9-13H2. The van der Waals surface area contributed by atoms with Crippen molar-refractivity contribution in [3.8, 4) is 5.75 Å². The van der Waals surface area contributed by atoms with Crippen molar-refractivity contribution in [1.82, 2.24) is 9.88 Å². The number of aromatic nitrogens is 1. The number of rotatable bonds is 4. The molecule has 0 bridgehead atoms. The molecule has 1 aromatic carbocycles. The van der Waals surface area contributed by atoms with Crippen molar-refractivity contribution in [3.63, 3.8) is 0 Å². The maximum absolute atomic E-state index is 9.48. The second-order valence-corrected chi connectivity index (χ2v) is 5.44. The van der Waals surface area contributed by atoms with Crippen LogP contribution in [0.5, 0.6) is 5.75 Å². The zero-order chi connectivity index (χ0) is 14.5. The van der Waals surface area contributed by atoms with Gasteiger partial charge in [-0.15, -0.1) is 0 Å². The van der Waals surface area contributed by atoms with Gasteiger partial charge in [-0.2, -0.15) is 0 Å². The molecule has 1 aliphatic heterocycles. The molecule has 0 aliphatic carbocycles. The van der Waals surface area contributed by atoms with Crippen LogP contribution in [0.15, 0.2) is 48.7 Å². The van der Waals surface area contributed by atoms with E-state index in [9.17, 15) is 5.11 Å². The average Bonchev–Trinajstić information content (AvgIpc) is 2.54. The van der Waals surface area contributed by atoms with Gasteiger partial charge in [0.15, 0.2) is 0 Å². The van der Waals surface area contributed by atoms with Gasteiger partial charge in [0.05, 0.1) is 0 Å². The third-order valence-electron chi connectivity index (χ3n) is 3.97. The molecule has 1 aliphatic rings. The first-order valence-electron chi connectivity index (χ1n) is 7.47. The minimum Gasteiger partial charge on any atom is -0.508 e. The van der Waals surface area contributed by atoms with Gasteiger partial charge in [-0.3, -0.25) is 4.90 Å². The highest BCUT2D eigenvalue weighted by Crippen LogP contribution is 2.14. The molecular weight excluding hydrogens is 262 g/mol. The van der Waals surface area contributed by atoms with E-state index in [1.807, 2.05) is 30.5 Å². The Morgan fingerprint density at radius 1 is 1.00 bits per heavy atom. The minimum absolute atomic E-state index is 0.354. The molecule has 0 atom stereocenters. The number of pyridine rings is 1. The van der Waals surface area contributed by atoms with E-state index in [4.69, 9.17) is 0 Å². The van der Waals surface area contributed by atoms with Crippen LogP contribution in [0.25, 0.3) is 0 Å². The highest BCUT2D eigenvalue weighted by Gasteiger charge is 2.17. The van der Waals surface area contributed by atoms with Gasteiger partial charge in [0.2, 0.25) is 0 Å². The second kappa shape index (κ2) is 6.59. The SMILES string of the molecule is Oc1cccc(CCN2CCN(c3ccccn3)CC2)c1. The molecule has 1 aromatic heterocycles. The van der Waals surface area contributed by atoms with Crippen LogP contribution in [0, 0.1) is 0 Å². The number of anilines is 1. The topological polar surface area (TPSA) is 39.6 Å². The Morgan fingerprint density at radius 3 is 2.57 bits per heavy atom. The fraction of sp³-hybridized carbons (Fsp3) is 0.353. The van der Waals surface area contributed by atoms with Crippen LogP contribution < -0.4 is 4.90 Å². The number of phenols is 1. The number of aromatic hydroxyl groups is 1. The normalized spacial score (nSPS) is 16.1. The highest BCUT2D eigenvalue weighted by molar-refractivity contribution is 5.38. The number of hydrogen-bond acceptors (Lipinski definition) is 4. The zero-order valence-electron chi connectivity index (χ0n) is 12.2. The van der Waals surface area contributed by atoms with Gasteiger partial charge in [-0.1, -0.05) is 18.2 Å². The third kappa shape index (κ3) is 3.73. The molecule has 0 saturated carbocycles. The summed E-state index contributed by atoms with van der Waals surface area (Å²) in [6.45, 7) is 5.22. The summed E-state index contributed by atoms with van der Waals surface area (Å²) >= 11 is 0. The third-order valence-corrected chi connectivity index (χ3v) is 3.97. The number of nitrogens with zero attached hydrogens (tertiary/aromatic N) is 3. The summed E-state index contributed by atoms with van der Waals surface area (Å²) in [5, 5.41) is 9.48. The molecule has 4 heteroatoms. The number of phenolic OH excluding ortho intramolecular Hbond substituents is 1. The van der Waals surface area contributed by atoms with Crippen molar-refractivity contribution >= 4 is 5.82 Å². The van der Waals surface area contributed by atoms with Crippen LogP contribution in [0.4, 0.5) is 5.82 Å². The Kier molecular flexibility index (Phi) is 4.36. The summed E-state index contributed by atoms with van der Waals surface area (Å²) in [5.74, 6) is 1.43. The van der Waals surface area contributed by atoms with E-state index in [-0.39, 0.29) is 0 Å². The molecule has 2 heterocycles. The Labute approximate surface area is 125 Å². The quantitative estimate of drug-likeness (QED) is 0.933. The molecular formula is C17H21N3O. The summed E-state index contributed by atoms with van der Waals surface area (Å²) in [5.41, 5.74) is 1.20. The summed E-state index contributed by atoms with van der Waals surface area (Å²) in [4.78, 5) is 9.22. The molecule has 0 spiro atoms. The van der Waals surface area contributed by atoms with Crippen LogP contribution in [0.2, 0.25) is 0 Å². The predicted octanol–water partition coefficient (Wildman–Crippen LogP) is 2.15. The average molecular weight is 283 g/mol. The fourth-order valence-corrected chi connectivity index (χ4v) is 2.74. The first-order valence-corrected chi connectivity index (χ1v) is 7.47. The molecule has 0 amide bonds. The fourth-order valence-electron chi connectivity index (χ4n) is 2.74. The minimum atomic E-state index is 0.354.